The first-order chi connectivity index (χ1) is 10.1. The minimum atomic E-state index is -0.369. The highest BCUT2D eigenvalue weighted by molar-refractivity contribution is 6.33. The molecule has 5 heteroatoms. The second-order valence-corrected chi connectivity index (χ2v) is 6.09. The molecule has 2 aromatic rings. The summed E-state index contributed by atoms with van der Waals surface area (Å²) in [4.78, 5) is 0. The number of nitrogens with zero attached hydrogens (tertiary/aromatic N) is 1. The molecule has 21 heavy (non-hydrogen) atoms. The fourth-order valence-electron chi connectivity index (χ4n) is 3.13. The Balaban J connectivity index is 1.85. The van der Waals surface area contributed by atoms with Gasteiger partial charge in [0.1, 0.15) is 5.82 Å². The van der Waals surface area contributed by atoms with Gasteiger partial charge in [0.05, 0.1) is 16.3 Å². The van der Waals surface area contributed by atoms with Crippen LogP contribution in [0.2, 0.25) is 5.02 Å². The van der Waals surface area contributed by atoms with Crippen LogP contribution in [0.25, 0.3) is 11.1 Å². The van der Waals surface area contributed by atoms with Crippen LogP contribution in [0.1, 0.15) is 37.8 Å². The normalized spacial score (nSPS) is 15.7. The Morgan fingerprint density at radius 3 is 2.81 bits per heavy atom. The third-order valence-corrected chi connectivity index (χ3v) is 4.57. The Morgan fingerprint density at radius 1 is 1.33 bits per heavy atom. The van der Waals surface area contributed by atoms with Crippen molar-refractivity contribution >= 4 is 17.5 Å². The largest absolute Gasteiger partial charge is 0.367 e. The second kappa shape index (κ2) is 6.06. The Morgan fingerprint density at radius 2 is 2.10 bits per heavy atom. The molecule has 1 fully saturated rings. The van der Waals surface area contributed by atoms with E-state index in [4.69, 9.17) is 21.9 Å². The zero-order valence-electron chi connectivity index (χ0n) is 11.7. The van der Waals surface area contributed by atoms with Gasteiger partial charge < -0.3 is 10.3 Å². The molecule has 1 aliphatic rings. The van der Waals surface area contributed by atoms with E-state index in [1.54, 1.807) is 6.07 Å². The quantitative estimate of drug-likeness (QED) is 0.879. The van der Waals surface area contributed by atoms with E-state index in [2.05, 4.69) is 5.16 Å². The minimum absolute atomic E-state index is 0.241. The smallest absolute Gasteiger partial charge is 0.230 e. The molecule has 0 spiro atoms. The maximum atomic E-state index is 13.2. The van der Waals surface area contributed by atoms with Crippen LogP contribution in [0.3, 0.4) is 0 Å². The van der Waals surface area contributed by atoms with Crippen LogP contribution in [-0.2, 0) is 6.42 Å². The van der Waals surface area contributed by atoms with Gasteiger partial charge in [-0.15, -0.1) is 0 Å². The van der Waals surface area contributed by atoms with Gasteiger partial charge in [-0.3, -0.25) is 0 Å². The number of halogens is 2. The molecule has 0 aliphatic heterocycles. The predicted octanol–water partition coefficient (Wildman–Crippen LogP) is 4.84. The van der Waals surface area contributed by atoms with Crippen molar-refractivity contribution in [2.45, 2.75) is 38.5 Å². The van der Waals surface area contributed by atoms with Gasteiger partial charge in [0.15, 0.2) is 0 Å². The molecule has 112 valence electrons. The van der Waals surface area contributed by atoms with Gasteiger partial charge in [-0.25, -0.2) is 4.39 Å². The number of benzene rings is 1. The van der Waals surface area contributed by atoms with E-state index in [0.717, 1.165) is 24.5 Å². The summed E-state index contributed by atoms with van der Waals surface area (Å²) in [6.07, 6.45) is 7.12. The number of aromatic nitrogens is 1. The molecule has 1 aromatic carbocycles. The van der Waals surface area contributed by atoms with Crippen LogP contribution in [0.5, 0.6) is 0 Å². The van der Waals surface area contributed by atoms with Crippen LogP contribution in [0, 0.1) is 11.7 Å². The molecule has 1 aliphatic carbocycles. The van der Waals surface area contributed by atoms with Crippen molar-refractivity contribution in [2.24, 2.45) is 5.92 Å². The molecule has 0 unspecified atom stereocenters. The number of aryl methyl sites for hydroxylation is 1. The molecule has 3 nitrogen and oxygen atoms in total. The molecular weight excluding hydrogens is 291 g/mol. The van der Waals surface area contributed by atoms with Crippen LogP contribution >= 0.6 is 11.6 Å². The van der Waals surface area contributed by atoms with Crippen molar-refractivity contribution in [2.75, 3.05) is 5.73 Å². The van der Waals surface area contributed by atoms with Crippen LogP contribution in [0.4, 0.5) is 10.3 Å². The molecule has 0 atom stereocenters. The molecule has 1 saturated carbocycles. The summed E-state index contributed by atoms with van der Waals surface area (Å²) in [7, 11) is 0. The van der Waals surface area contributed by atoms with Crippen molar-refractivity contribution in [3.63, 3.8) is 0 Å². The Bertz CT molecular complexity index is 635. The van der Waals surface area contributed by atoms with Gasteiger partial charge in [0, 0.05) is 5.56 Å². The monoisotopic (exact) mass is 308 g/mol. The number of nitrogens with two attached hydrogens (primary N) is 1. The first-order valence-corrected chi connectivity index (χ1v) is 7.72. The van der Waals surface area contributed by atoms with Gasteiger partial charge in [-0.05, 0) is 37.0 Å². The molecule has 1 heterocycles. The predicted molar refractivity (Wildman–Crippen MR) is 81.6 cm³/mol. The minimum Gasteiger partial charge on any atom is -0.367 e. The first kappa shape index (κ1) is 14.4. The highest BCUT2D eigenvalue weighted by Gasteiger charge is 2.21. The van der Waals surface area contributed by atoms with E-state index >= 15 is 0 Å². The lowest BCUT2D eigenvalue weighted by atomic mass is 9.97. The number of hydrogen-bond acceptors (Lipinski definition) is 3. The molecule has 0 amide bonds. The fourth-order valence-corrected chi connectivity index (χ4v) is 3.39. The number of anilines is 1. The topological polar surface area (TPSA) is 52.0 Å². The zero-order valence-corrected chi connectivity index (χ0v) is 12.5. The lowest BCUT2D eigenvalue weighted by Gasteiger charge is -2.08. The van der Waals surface area contributed by atoms with Crippen molar-refractivity contribution in [3.8, 4) is 11.1 Å². The summed E-state index contributed by atoms with van der Waals surface area (Å²) in [6.45, 7) is 0. The molecule has 0 radical (unpaired) electrons. The van der Waals surface area contributed by atoms with Crippen LogP contribution in [-0.4, -0.2) is 5.16 Å². The Hall–Kier alpha value is -1.55. The summed E-state index contributed by atoms with van der Waals surface area (Å²) < 4.78 is 18.3. The second-order valence-electron chi connectivity index (χ2n) is 5.68. The van der Waals surface area contributed by atoms with Crippen LogP contribution < -0.4 is 5.73 Å². The molecule has 0 saturated heterocycles. The number of nitrogen functional groups attached to an aromatic ring is 1. The molecule has 0 bridgehead atoms. The fraction of sp³-hybridized carbons (Fsp3) is 0.438. The average Bonchev–Trinajstić information content (AvgIpc) is 3.07. The summed E-state index contributed by atoms with van der Waals surface area (Å²) in [5.41, 5.74) is 8.08. The summed E-state index contributed by atoms with van der Waals surface area (Å²) in [5, 5.41) is 4.39. The molecule has 3 rings (SSSR count). The molecular formula is C16H18ClFN2O. The Labute approximate surface area is 128 Å². The SMILES string of the molecule is Nc1onc(CCC2CCCC2)c1-c1ccc(F)cc1Cl. The summed E-state index contributed by atoms with van der Waals surface area (Å²) in [6, 6.07) is 4.28. The highest BCUT2D eigenvalue weighted by atomic mass is 35.5. The van der Waals surface area contributed by atoms with Gasteiger partial charge in [-0.1, -0.05) is 42.4 Å². The third-order valence-electron chi connectivity index (χ3n) is 4.25. The van der Waals surface area contributed by atoms with Gasteiger partial charge in [0.25, 0.3) is 0 Å². The summed E-state index contributed by atoms with van der Waals surface area (Å²) in [5.74, 6) is 0.635. The van der Waals surface area contributed by atoms with E-state index in [0.29, 0.717) is 16.1 Å². The van der Waals surface area contributed by atoms with Crippen molar-refractivity contribution < 1.29 is 8.91 Å². The van der Waals surface area contributed by atoms with E-state index in [-0.39, 0.29) is 11.7 Å². The van der Waals surface area contributed by atoms with E-state index in [1.165, 1.54) is 37.8 Å². The number of rotatable bonds is 4. The highest BCUT2D eigenvalue weighted by Crippen LogP contribution is 2.37. The van der Waals surface area contributed by atoms with E-state index in [1.807, 2.05) is 0 Å². The number of hydrogen-bond donors (Lipinski definition) is 1. The van der Waals surface area contributed by atoms with Gasteiger partial charge in [0.2, 0.25) is 5.88 Å². The molecule has 1 aromatic heterocycles. The van der Waals surface area contributed by atoms with E-state index in [9.17, 15) is 4.39 Å². The summed E-state index contributed by atoms with van der Waals surface area (Å²) >= 11 is 6.13. The third kappa shape index (κ3) is 3.05. The Kier molecular flexibility index (Phi) is 4.15. The zero-order chi connectivity index (χ0) is 14.8. The first-order valence-electron chi connectivity index (χ1n) is 7.34. The van der Waals surface area contributed by atoms with Gasteiger partial charge in [-0.2, -0.15) is 0 Å². The standard InChI is InChI=1S/C16H18ClFN2O/c17-13-9-11(18)6-7-12(13)15-14(20-21-16(15)19)8-5-10-3-1-2-4-10/h6-7,9-10H,1-5,8,19H2. The van der Waals surface area contributed by atoms with Gasteiger partial charge >= 0.3 is 0 Å². The maximum Gasteiger partial charge on any atom is 0.230 e. The van der Waals surface area contributed by atoms with Crippen molar-refractivity contribution in [3.05, 3.63) is 34.7 Å². The van der Waals surface area contributed by atoms with Crippen LogP contribution in [0.15, 0.2) is 22.7 Å². The maximum absolute atomic E-state index is 13.2. The van der Waals surface area contributed by atoms with Crippen molar-refractivity contribution in [1.82, 2.24) is 5.16 Å². The average molecular weight is 309 g/mol. The van der Waals surface area contributed by atoms with E-state index < -0.39 is 0 Å². The van der Waals surface area contributed by atoms with Crippen molar-refractivity contribution in [1.29, 1.82) is 0 Å². The lowest BCUT2D eigenvalue weighted by Crippen LogP contribution is -1.98. The lowest BCUT2D eigenvalue weighted by molar-refractivity contribution is 0.419. The molecule has 2 N–H and O–H groups in total.